The van der Waals surface area contributed by atoms with Crippen LogP contribution in [0, 0.1) is 0 Å². The van der Waals surface area contributed by atoms with Crippen LogP contribution in [-0.4, -0.2) is 61.7 Å². The van der Waals surface area contributed by atoms with E-state index in [2.05, 4.69) is 20.7 Å². The minimum absolute atomic E-state index is 0.151. The molecule has 1 saturated heterocycles. The van der Waals surface area contributed by atoms with Gasteiger partial charge in [-0.25, -0.2) is 0 Å². The van der Waals surface area contributed by atoms with Crippen LogP contribution in [0.1, 0.15) is 19.4 Å². The number of hydrogen-bond acceptors (Lipinski definition) is 5. The Kier molecular flexibility index (Phi) is 7.94. The predicted octanol–water partition coefficient (Wildman–Crippen LogP) is 1.60. The fraction of sp³-hybridized carbons (Fsp3) is 0.529. The Morgan fingerprint density at radius 1 is 1.42 bits per heavy atom. The van der Waals surface area contributed by atoms with E-state index in [1.165, 1.54) is 0 Å². The van der Waals surface area contributed by atoms with Gasteiger partial charge in [-0.1, -0.05) is 12.1 Å². The SMILES string of the molecule is CC(C)Oc1cccc(/C=N/NC(=S)NCCN2CCOCC2)c1. The molecular formula is C17H26N4O2S. The summed E-state index contributed by atoms with van der Waals surface area (Å²) in [6, 6.07) is 7.79. The van der Waals surface area contributed by atoms with Crippen molar-refractivity contribution in [1.82, 2.24) is 15.6 Å². The first-order valence-electron chi connectivity index (χ1n) is 8.27. The number of hydrogen-bond donors (Lipinski definition) is 2. The van der Waals surface area contributed by atoms with E-state index in [0.717, 1.165) is 50.7 Å². The van der Waals surface area contributed by atoms with Crippen molar-refractivity contribution in [3.05, 3.63) is 29.8 Å². The molecule has 1 aliphatic rings. The molecule has 1 aromatic rings. The van der Waals surface area contributed by atoms with Crippen LogP contribution < -0.4 is 15.5 Å². The molecule has 132 valence electrons. The van der Waals surface area contributed by atoms with E-state index >= 15 is 0 Å². The lowest BCUT2D eigenvalue weighted by Crippen LogP contribution is -2.42. The molecule has 0 saturated carbocycles. The van der Waals surface area contributed by atoms with Crippen LogP contribution in [0.4, 0.5) is 0 Å². The lowest BCUT2D eigenvalue weighted by atomic mass is 10.2. The zero-order valence-corrected chi connectivity index (χ0v) is 15.1. The maximum Gasteiger partial charge on any atom is 0.187 e. The predicted molar refractivity (Wildman–Crippen MR) is 101 cm³/mol. The summed E-state index contributed by atoms with van der Waals surface area (Å²) in [5.41, 5.74) is 3.79. The Morgan fingerprint density at radius 2 is 2.21 bits per heavy atom. The van der Waals surface area contributed by atoms with E-state index in [9.17, 15) is 0 Å². The van der Waals surface area contributed by atoms with Crippen LogP contribution in [0.15, 0.2) is 29.4 Å². The number of ether oxygens (including phenoxy) is 2. The molecule has 2 N–H and O–H groups in total. The maximum atomic E-state index is 5.66. The minimum Gasteiger partial charge on any atom is -0.491 e. The second kappa shape index (κ2) is 10.2. The highest BCUT2D eigenvalue weighted by molar-refractivity contribution is 7.80. The van der Waals surface area contributed by atoms with Gasteiger partial charge in [-0.2, -0.15) is 5.10 Å². The monoisotopic (exact) mass is 350 g/mol. The number of morpholine rings is 1. The third kappa shape index (κ3) is 7.25. The first-order valence-corrected chi connectivity index (χ1v) is 8.68. The second-order valence-corrected chi connectivity index (χ2v) is 6.23. The molecule has 0 atom stereocenters. The first kappa shape index (κ1) is 18.6. The third-order valence-corrected chi connectivity index (χ3v) is 3.66. The molecule has 0 aliphatic carbocycles. The van der Waals surface area contributed by atoms with Gasteiger partial charge in [0.1, 0.15) is 5.75 Å². The average molecular weight is 350 g/mol. The second-order valence-electron chi connectivity index (χ2n) is 5.82. The van der Waals surface area contributed by atoms with E-state index in [0.29, 0.717) is 5.11 Å². The number of hydrazone groups is 1. The molecule has 0 radical (unpaired) electrons. The highest BCUT2D eigenvalue weighted by atomic mass is 32.1. The number of thiocarbonyl (C=S) groups is 1. The Bertz CT molecular complexity index is 545. The summed E-state index contributed by atoms with van der Waals surface area (Å²) >= 11 is 5.22. The molecule has 2 rings (SSSR count). The van der Waals surface area contributed by atoms with Crippen LogP contribution in [-0.2, 0) is 4.74 Å². The lowest BCUT2D eigenvalue weighted by Gasteiger charge is -2.26. The normalized spacial score (nSPS) is 15.6. The van der Waals surface area contributed by atoms with Crippen LogP contribution in [0.3, 0.4) is 0 Å². The van der Waals surface area contributed by atoms with Gasteiger partial charge in [-0.15, -0.1) is 0 Å². The van der Waals surface area contributed by atoms with Gasteiger partial charge in [-0.05, 0) is 43.8 Å². The van der Waals surface area contributed by atoms with Gasteiger partial charge in [0.15, 0.2) is 5.11 Å². The van der Waals surface area contributed by atoms with Gasteiger partial charge in [0, 0.05) is 26.2 Å². The summed E-state index contributed by atoms with van der Waals surface area (Å²) in [5, 5.41) is 7.83. The molecule has 1 heterocycles. The first-order chi connectivity index (χ1) is 11.6. The molecule has 0 unspecified atom stereocenters. The topological polar surface area (TPSA) is 58.1 Å². The molecule has 24 heavy (non-hydrogen) atoms. The van der Waals surface area contributed by atoms with Crippen molar-refractivity contribution in [1.29, 1.82) is 0 Å². The van der Waals surface area contributed by atoms with E-state index in [-0.39, 0.29) is 6.10 Å². The lowest BCUT2D eigenvalue weighted by molar-refractivity contribution is 0.0389. The van der Waals surface area contributed by atoms with Crippen molar-refractivity contribution in [2.24, 2.45) is 5.10 Å². The summed E-state index contributed by atoms with van der Waals surface area (Å²) in [4.78, 5) is 2.35. The minimum atomic E-state index is 0.151. The van der Waals surface area contributed by atoms with Crippen molar-refractivity contribution in [3.8, 4) is 5.75 Å². The summed E-state index contributed by atoms with van der Waals surface area (Å²) in [6.07, 6.45) is 1.88. The fourth-order valence-electron chi connectivity index (χ4n) is 2.30. The van der Waals surface area contributed by atoms with Crippen molar-refractivity contribution in [3.63, 3.8) is 0 Å². The number of nitrogens with zero attached hydrogens (tertiary/aromatic N) is 2. The van der Waals surface area contributed by atoms with Crippen LogP contribution >= 0.6 is 12.2 Å². The van der Waals surface area contributed by atoms with E-state index in [1.807, 2.05) is 38.1 Å². The maximum absolute atomic E-state index is 5.66. The summed E-state index contributed by atoms with van der Waals surface area (Å²) in [5.74, 6) is 0.833. The van der Waals surface area contributed by atoms with E-state index < -0.39 is 0 Å². The van der Waals surface area contributed by atoms with Gasteiger partial charge >= 0.3 is 0 Å². The molecule has 7 heteroatoms. The highest BCUT2D eigenvalue weighted by Crippen LogP contribution is 2.13. The Hall–Kier alpha value is -1.70. The number of rotatable bonds is 7. The van der Waals surface area contributed by atoms with Crippen molar-refractivity contribution in [2.75, 3.05) is 39.4 Å². The number of nitrogens with one attached hydrogen (secondary N) is 2. The van der Waals surface area contributed by atoms with Crippen LogP contribution in [0.2, 0.25) is 0 Å². The van der Waals surface area contributed by atoms with Crippen LogP contribution in [0.25, 0.3) is 0 Å². The molecule has 6 nitrogen and oxygen atoms in total. The molecule has 1 aliphatic heterocycles. The highest BCUT2D eigenvalue weighted by Gasteiger charge is 2.09. The summed E-state index contributed by atoms with van der Waals surface area (Å²) < 4.78 is 11.0. The van der Waals surface area contributed by atoms with Crippen LogP contribution in [0.5, 0.6) is 5.75 Å². The van der Waals surface area contributed by atoms with Gasteiger partial charge in [0.05, 0.1) is 25.5 Å². The fourth-order valence-corrected chi connectivity index (χ4v) is 2.45. The van der Waals surface area contributed by atoms with Gasteiger partial charge in [0.25, 0.3) is 0 Å². The molecular weight excluding hydrogens is 324 g/mol. The average Bonchev–Trinajstić information content (AvgIpc) is 2.55. The summed E-state index contributed by atoms with van der Waals surface area (Å²) in [7, 11) is 0. The smallest absolute Gasteiger partial charge is 0.187 e. The van der Waals surface area contributed by atoms with E-state index in [4.69, 9.17) is 21.7 Å². The Balaban J connectivity index is 1.68. The quantitative estimate of drug-likeness (QED) is 0.443. The number of benzene rings is 1. The Labute approximate surface area is 149 Å². The van der Waals surface area contributed by atoms with Crippen molar-refractivity contribution >= 4 is 23.5 Å². The standard InChI is InChI=1S/C17H26N4O2S/c1-14(2)23-16-5-3-4-15(12-16)13-19-20-17(24)18-6-7-21-8-10-22-11-9-21/h3-5,12-14H,6-11H2,1-2H3,(H2,18,20,24)/b19-13+. The molecule has 1 fully saturated rings. The third-order valence-electron chi connectivity index (χ3n) is 3.43. The zero-order valence-electron chi connectivity index (χ0n) is 14.3. The molecule has 0 amide bonds. The van der Waals surface area contributed by atoms with Crippen molar-refractivity contribution in [2.45, 2.75) is 20.0 Å². The molecule has 0 bridgehead atoms. The Morgan fingerprint density at radius 3 is 2.96 bits per heavy atom. The van der Waals surface area contributed by atoms with Crippen molar-refractivity contribution < 1.29 is 9.47 Å². The van der Waals surface area contributed by atoms with Gasteiger partial charge in [0.2, 0.25) is 0 Å². The molecule has 0 aromatic heterocycles. The summed E-state index contributed by atoms with van der Waals surface area (Å²) in [6.45, 7) is 9.33. The largest absolute Gasteiger partial charge is 0.491 e. The zero-order chi connectivity index (χ0) is 17.2. The van der Waals surface area contributed by atoms with E-state index in [1.54, 1.807) is 6.21 Å². The molecule has 0 spiro atoms. The van der Waals surface area contributed by atoms with Gasteiger partial charge in [-0.3, -0.25) is 10.3 Å². The molecule has 1 aromatic carbocycles. The van der Waals surface area contributed by atoms with Gasteiger partial charge < -0.3 is 14.8 Å².